The van der Waals surface area contributed by atoms with E-state index < -0.39 is 0 Å². The Kier molecular flexibility index (Phi) is 7.21. The van der Waals surface area contributed by atoms with Crippen LogP contribution in [0.5, 0.6) is 5.75 Å². The van der Waals surface area contributed by atoms with Crippen LogP contribution < -0.4 is 10.1 Å². The van der Waals surface area contributed by atoms with Crippen molar-refractivity contribution >= 4 is 28.3 Å². The zero-order valence-electron chi connectivity index (χ0n) is 15.3. The largest absolute Gasteiger partial charge is 0.484 e. The molecule has 7 heteroatoms. The minimum absolute atomic E-state index is 0.0209. The first kappa shape index (κ1) is 19.4. The van der Waals surface area contributed by atoms with Gasteiger partial charge in [0, 0.05) is 18.1 Å². The van der Waals surface area contributed by atoms with Crippen LogP contribution in [0.1, 0.15) is 32.1 Å². The van der Waals surface area contributed by atoms with Gasteiger partial charge in [0.15, 0.2) is 11.7 Å². The lowest BCUT2D eigenvalue weighted by Crippen LogP contribution is -2.43. The maximum atomic E-state index is 12.7. The molecule has 0 unspecified atom stereocenters. The summed E-state index contributed by atoms with van der Waals surface area (Å²) in [5.41, 5.74) is 0. The van der Waals surface area contributed by atoms with Gasteiger partial charge in [-0.3, -0.25) is 9.59 Å². The molecule has 1 aliphatic rings. The Labute approximate surface area is 163 Å². The Morgan fingerprint density at radius 2 is 1.96 bits per heavy atom. The van der Waals surface area contributed by atoms with Crippen LogP contribution in [-0.4, -0.2) is 41.4 Å². The van der Waals surface area contributed by atoms with E-state index in [0.717, 1.165) is 12.8 Å². The van der Waals surface area contributed by atoms with E-state index in [1.165, 1.54) is 30.6 Å². The molecule has 1 aromatic heterocycles. The number of thiazole rings is 1. The fourth-order valence-electron chi connectivity index (χ4n) is 3.31. The number of aromatic nitrogens is 1. The summed E-state index contributed by atoms with van der Waals surface area (Å²) in [5.74, 6) is 0.704. The summed E-state index contributed by atoms with van der Waals surface area (Å²) in [5, 5.41) is 5.10. The molecular formula is C20H25N3O3S. The molecule has 0 radical (unpaired) electrons. The van der Waals surface area contributed by atoms with Crippen LogP contribution in [0.15, 0.2) is 41.9 Å². The van der Waals surface area contributed by atoms with Crippen LogP contribution in [0, 0.1) is 5.92 Å². The maximum absolute atomic E-state index is 12.7. The van der Waals surface area contributed by atoms with Crippen LogP contribution in [-0.2, 0) is 9.59 Å². The van der Waals surface area contributed by atoms with Crippen molar-refractivity contribution in [2.24, 2.45) is 5.92 Å². The molecule has 27 heavy (non-hydrogen) atoms. The topological polar surface area (TPSA) is 71.5 Å². The molecule has 2 amide bonds. The van der Waals surface area contributed by atoms with Crippen LogP contribution in [0.3, 0.4) is 0 Å². The molecule has 0 spiro atoms. The van der Waals surface area contributed by atoms with Crippen molar-refractivity contribution in [3.05, 3.63) is 41.9 Å². The first-order valence-electron chi connectivity index (χ1n) is 9.35. The SMILES string of the molecule is O=C(CN(CC1CCCCC1)C(=O)COc1ccccc1)Nc1nccs1. The highest BCUT2D eigenvalue weighted by Gasteiger charge is 2.23. The first-order valence-corrected chi connectivity index (χ1v) is 10.2. The van der Waals surface area contributed by atoms with Crippen molar-refractivity contribution in [3.63, 3.8) is 0 Å². The van der Waals surface area contributed by atoms with E-state index in [0.29, 0.717) is 23.3 Å². The van der Waals surface area contributed by atoms with Gasteiger partial charge in [-0.15, -0.1) is 11.3 Å². The van der Waals surface area contributed by atoms with Crippen LogP contribution in [0.25, 0.3) is 0 Å². The van der Waals surface area contributed by atoms with Gasteiger partial charge in [-0.25, -0.2) is 4.98 Å². The minimum Gasteiger partial charge on any atom is -0.484 e. The summed E-state index contributed by atoms with van der Waals surface area (Å²) < 4.78 is 5.59. The third-order valence-corrected chi connectivity index (χ3v) is 5.36. The van der Waals surface area contributed by atoms with Crippen molar-refractivity contribution < 1.29 is 14.3 Å². The second-order valence-electron chi connectivity index (χ2n) is 6.77. The molecule has 1 saturated carbocycles. The zero-order chi connectivity index (χ0) is 18.9. The Morgan fingerprint density at radius 3 is 2.67 bits per heavy atom. The van der Waals surface area contributed by atoms with E-state index in [1.54, 1.807) is 16.5 Å². The molecule has 1 heterocycles. The van der Waals surface area contributed by atoms with Crippen molar-refractivity contribution in [1.82, 2.24) is 9.88 Å². The Balaban J connectivity index is 1.58. The number of anilines is 1. The summed E-state index contributed by atoms with van der Waals surface area (Å²) >= 11 is 1.36. The number of para-hydroxylation sites is 1. The summed E-state index contributed by atoms with van der Waals surface area (Å²) in [6.07, 6.45) is 7.50. The monoisotopic (exact) mass is 387 g/mol. The van der Waals surface area contributed by atoms with Crippen molar-refractivity contribution in [2.45, 2.75) is 32.1 Å². The van der Waals surface area contributed by atoms with Gasteiger partial charge >= 0.3 is 0 Å². The number of nitrogens with zero attached hydrogens (tertiary/aromatic N) is 2. The highest BCUT2D eigenvalue weighted by molar-refractivity contribution is 7.13. The molecule has 0 atom stereocenters. The Hall–Kier alpha value is -2.41. The lowest BCUT2D eigenvalue weighted by atomic mass is 9.89. The molecule has 1 fully saturated rings. The van der Waals surface area contributed by atoms with E-state index in [1.807, 2.05) is 30.3 Å². The molecule has 2 aromatic rings. The molecule has 0 saturated heterocycles. The predicted molar refractivity (Wildman–Crippen MR) is 106 cm³/mol. The third-order valence-electron chi connectivity index (χ3n) is 4.67. The fraction of sp³-hybridized carbons (Fsp3) is 0.450. The second kappa shape index (κ2) is 10.1. The van der Waals surface area contributed by atoms with Crippen LogP contribution >= 0.6 is 11.3 Å². The number of carbonyl (C=O) groups is 2. The zero-order valence-corrected chi connectivity index (χ0v) is 16.1. The van der Waals surface area contributed by atoms with E-state index >= 15 is 0 Å². The molecule has 6 nitrogen and oxygen atoms in total. The normalized spacial score (nSPS) is 14.5. The minimum atomic E-state index is -0.228. The van der Waals surface area contributed by atoms with Gasteiger partial charge in [0.05, 0.1) is 0 Å². The van der Waals surface area contributed by atoms with Crippen molar-refractivity contribution in [2.75, 3.05) is 25.0 Å². The van der Waals surface area contributed by atoms with Gasteiger partial charge in [0.1, 0.15) is 12.3 Å². The fourth-order valence-corrected chi connectivity index (χ4v) is 3.85. The number of benzene rings is 1. The highest BCUT2D eigenvalue weighted by Crippen LogP contribution is 2.24. The molecule has 144 valence electrons. The summed E-state index contributed by atoms with van der Waals surface area (Å²) in [6, 6.07) is 9.25. The van der Waals surface area contributed by atoms with Gasteiger partial charge < -0.3 is 15.0 Å². The van der Waals surface area contributed by atoms with E-state index in [9.17, 15) is 9.59 Å². The Morgan fingerprint density at radius 1 is 1.19 bits per heavy atom. The molecule has 0 bridgehead atoms. The summed E-state index contributed by atoms with van der Waals surface area (Å²) in [4.78, 5) is 30.8. The molecular weight excluding hydrogens is 362 g/mol. The van der Waals surface area contributed by atoms with Gasteiger partial charge in [-0.05, 0) is 30.9 Å². The summed E-state index contributed by atoms with van der Waals surface area (Å²) in [7, 11) is 0. The Bertz CT molecular complexity index is 715. The number of ether oxygens (including phenoxy) is 1. The number of hydrogen-bond donors (Lipinski definition) is 1. The van der Waals surface area contributed by atoms with E-state index in [2.05, 4.69) is 10.3 Å². The number of nitrogens with one attached hydrogen (secondary N) is 1. The van der Waals surface area contributed by atoms with Gasteiger partial charge in [-0.2, -0.15) is 0 Å². The number of carbonyl (C=O) groups excluding carboxylic acids is 2. The number of rotatable bonds is 8. The molecule has 1 N–H and O–H groups in total. The molecule has 3 rings (SSSR count). The van der Waals surface area contributed by atoms with Crippen molar-refractivity contribution in [1.29, 1.82) is 0 Å². The van der Waals surface area contributed by atoms with Crippen molar-refractivity contribution in [3.8, 4) is 5.75 Å². The number of hydrogen-bond acceptors (Lipinski definition) is 5. The van der Waals surface area contributed by atoms with E-state index in [-0.39, 0.29) is 25.0 Å². The predicted octanol–water partition coefficient (Wildman–Crippen LogP) is 3.57. The molecule has 1 aromatic carbocycles. The van der Waals surface area contributed by atoms with Gasteiger partial charge in [0.25, 0.3) is 5.91 Å². The first-order chi connectivity index (χ1) is 13.2. The van der Waals surface area contributed by atoms with Gasteiger partial charge in [0.2, 0.25) is 5.91 Å². The lowest BCUT2D eigenvalue weighted by molar-refractivity contribution is -0.137. The van der Waals surface area contributed by atoms with Crippen LogP contribution in [0.4, 0.5) is 5.13 Å². The van der Waals surface area contributed by atoms with E-state index in [4.69, 9.17) is 4.74 Å². The van der Waals surface area contributed by atoms with Gasteiger partial charge in [-0.1, -0.05) is 37.5 Å². The summed E-state index contributed by atoms with van der Waals surface area (Å²) in [6.45, 7) is 0.552. The average Bonchev–Trinajstić information content (AvgIpc) is 3.20. The quantitative estimate of drug-likeness (QED) is 0.752. The molecule has 0 aliphatic heterocycles. The van der Waals surface area contributed by atoms with Crippen LogP contribution in [0.2, 0.25) is 0 Å². The highest BCUT2D eigenvalue weighted by atomic mass is 32.1. The maximum Gasteiger partial charge on any atom is 0.260 e. The molecule has 1 aliphatic carbocycles. The second-order valence-corrected chi connectivity index (χ2v) is 7.66. The smallest absolute Gasteiger partial charge is 0.260 e. The standard InChI is InChI=1S/C20H25N3O3S/c24-18(22-20-21-11-12-27-20)14-23(13-16-7-3-1-4-8-16)19(25)15-26-17-9-5-2-6-10-17/h2,5-6,9-12,16H,1,3-4,7-8,13-15H2,(H,21,22,24). The third kappa shape index (κ3) is 6.36. The lowest BCUT2D eigenvalue weighted by Gasteiger charge is -2.29. The number of amides is 2. The average molecular weight is 388 g/mol.